The number of rotatable bonds is 3. The van der Waals surface area contributed by atoms with E-state index in [4.69, 9.17) is 4.74 Å². The highest BCUT2D eigenvalue weighted by atomic mass is 16.5. The Balaban J connectivity index is 1.36. The lowest BCUT2D eigenvalue weighted by atomic mass is 9.95. The first kappa shape index (κ1) is 21.2. The minimum Gasteiger partial charge on any atom is -0.487 e. The van der Waals surface area contributed by atoms with Crippen LogP contribution in [0.25, 0.3) is 0 Å². The molecular formula is C25H31N3O3. The summed E-state index contributed by atoms with van der Waals surface area (Å²) in [7, 11) is 0. The minimum absolute atomic E-state index is 0.00138. The number of nitrogens with one attached hydrogen (secondary N) is 1. The fourth-order valence-corrected chi connectivity index (χ4v) is 4.39. The molecular weight excluding hydrogens is 390 g/mol. The summed E-state index contributed by atoms with van der Waals surface area (Å²) in [5, 5.41) is 3.13. The van der Waals surface area contributed by atoms with E-state index < -0.39 is 0 Å². The van der Waals surface area contributed by atoms with Crippen LogP contribution in [0.15, 0.2) is 48.5 Å². The van der Waals surface area contributed by atoms with Gasteiger partial charge in [-0.1, -0.05) is 36.4 Å². The van der Waals surface area contributed by atoms with Crippen LogP contribution in [0.4, 0.5) is 10.5 Å². The maximum absolute atomic E-state index is 13.3. The molecule has 3 amide bonds. The highest BCUT2D eigenvalue weighted by Crippen LogP contribution is 2.35. The molecule has 0 bridgehead atoms. The molecule has 0 unspecified atom stereocenters. The molecule has 0 aliphatic carbocycles. The van der Waals surface area contributed by atoms with E-state index in [1.54, 1.807) is 0 Å². The van der Waals surface area contributed by atoms with Crippen LogP contribution in [0.3, 0.4) is 0 Å². The first-order valence-corrected chi connectivity index (χ1v) is 11.1. The van der Waals surface area contributed by atoms with Crippen molar-refractivity contribution in [2.45, 2.75) is 45.8 Å². The van der Waals surface area contributed by atoms with Crippen molar-refractivity contribution in [3.05, 3.63) is 59.7 Å². The molecule has 164 valence electrons. The standard InChI is InChI=1S/C25H31N3O3/c1-17-9-10-23-22(15-17)28(16-18(2)31-23)25(30)27-13-11-21(12-14-27)24(29)26-19(3)20-7-5-4-6-8-20/h4-10,15,18-19,21H,11-14,16H2,1-3H3,(H,26,29)/t18-,19+/m1/s1. The van der Waals surface area contributed by atoms with E-state index >= 15 is 0 Å². The molecule has 6 heteroatoms. The third-order valence-corrected chi connectivity index (χ3v) is 6.20. The van der Waals surface area contributed by atoms with Gasteiger partial charge in [-0.25, -0.2) is 4.79 Å². The van der Waals surface area contributed by atoms with E-state index in [1.165, 1.54) is 0 Å². The number of hydrogen-bond acceptors (Lipinski definition) is 3. The predicted octanol–water partition coefficient (Wildman–Crippen LogP) is 4.29. The number of aryl methyl sites for hydroxylation is 1. The molecule has 1 N–H and O–H groups in total. The van der Waals surface area contributed by atoms with E-state index in [9.17, 15) is 9.59 Å². The Kier molecular flexibility index (Phi) is 6.16. The zero-order chi connectivity index (χ0) is 22.0. The zero-order valence-electron chi connectivity index (χ0n) is 18.5. The van der Waals surface area contributed by atoms with Crippen molar-refractivity contribution in [2.75, 3.05) is 24.5 Å². The van der Waals surface area contributed by atoms with Gasteiger partial charge in [0.1, 0.15) is 11.9 Å². The first-order chi connectivity index (χ1) is 14.9. The molecule has 31 heavy (non-hydrogen) atoms. The Bertz CT molecular complexity index is 938. The molecule has 2 aliphatic rings. The molecule has 6 nitrogen and oxygen atoms in total. The van der Waals surface area contributed by atoms with Gasteiger partial charge in [-0.3, -0.25) is 9.69 Å². The summed E-state index contributed by atoms with van der Waals surface area (Å²) in [5.74, 6) is 0.764. The van der Waals surface area contributed by atoms with E-state index in [1.807, 2.05) is 79.1 Å². The van der Waals surface area contributed by atoms with Crippen LogP contribution in [0.1, 0.15) is 43.9 Å². The molecule has 2 aromatic rings. The second-order valence-corrected chi connectivity index (χ2v) is 8.70. The molecule has 0 spiro atoms. The summed E-state index contributed by atoms with van der Waals surface area (Å²) < 4.78 is 5.91. The number of nitrogens with zero attached hydrogens (tertiary/aromatic N) is 2. The smallest absolute Gasteiger partial charge is 0.324 e. The molecule has 2 aromatic carbocycles. The molecule has 2 aliphatic heterocycles. The lowest BCUT2D eigenvalue weighted by Crippen LogP contribution is -2.52. The molecule has 4 rings (SSSR count). The van der Waals surface area contributed by atoms with Crippen molar-refractivity contribution in [1.29, 1.82) is 0 Å². The normalized spacial score (nSPS) is 19.9. The molecule has 0 saturated carbocycles. The summed E-state index contributed by atoms with van der Waals surface area (Å²) in [6.45, 7) is 7.71. The Morgan fingerprint density at radius 2 is 1.81 bits per heavy atom. The van der Waals surface area contributed by atoms with Crippen LogP contribution in [0, 0.1) is 12.8 Å². The number of piperidine rings is 1. The Morgan fingerprint density at radius 3 is 2.52 bits per heavy atom. The van der Waals surface area contributed by atoms with Crippen LogP contribution >= 0.6 is 0 Å². The number of anilines is 1. The molecule has 0 aromatic heterocycles. The van der Waals surface area contributed by atoms with Gasteiger partial charge in [0.2, 0.25) is 5.91 Å². The number of fused-ring (bicyclic) bond motifs is 1. The van der Waals surface area contributed by atoms with Crippen LogP contribution in [-0.4, -0.2) is 42.6 Å². The van der Waals surface area contributed by atoms with Crippen molar-refractivity contribution in [1.82, 2.24) is 10.2 Å². The van der Waals surface area contributed by atoms with Crippen LogP contribution in [-0.2, 0) is 4.79 Å². The maximum Gasteiger partial charge on any atom is 0.324 e. The van der Waals surface area contributed by atoms with Gasteiger partial charge in [-0.15, -0.1) is 0 Å². The fraction of sp³-hybridized carbons (Fsp3) is 0.440. The van der Waals surface area contributed by atoms with Crippen molar-refractivity contribution < 1.29 is 14.3 Å². The third-order valence-electron chi connectivity index (χ3n) is 6.20. The fourth-order valence-electron chi connectivity index (χ4n) is 4.39. The van der Waals surface area contributed by atoms with Gasteiger partial charge < -0.3 is 15.0 Å². The van der Waals surface area contributed by atoms with Crippen molar-refractivity contribution in [2.24, 2.45) is 5.92 Å². The van der Waals surface area contributed by atoms with Crippen molar-refractivity contribution >= 4 is 17.6 Å². The largest absolute Gasteiger partial charge is 0.487 e. The van der Waals surface area contributed by atoms with Gasteiger partial charge in [0, 0.05) is 19.0 Å². The minimum atomic E-state index is -0.0617. The average molecular weight is 422 g/mol. The predicted molar refractivity (Wildman–Crippen MR) is 121 cm³/mol. The summed E-state index contributed by atoms with van der Waals surface area (Å²) >= 11 is 0. The van der Waals surface area contributed by atoms with Gasteiger partial charge in [0.15, 0.2) is 0 Å². The number of urea groups is 1. The van der Waals surface area contributed by atoms with Crippen molar-refractivity contribution in [3.63, 3.8) is 0 Å². The summed E-state index contributed by atoms with van der Waals surface area (Å²) in [6, 6.07) is 15.9. The van der Waals surface area contributed by atoms with Gasteiger partial charge in [-0.2, -0.15) is 0 Å². The highest BCUT2D eigenvalue weighted by molar-refractivity contribution is 5.94. The average Bonchev–Trinajstić information content (AvgIpc) is 2.79. The lowest BCUT2D eigenvalue weighted by molar-refractivity contribution is -0.126. The highest BCUT2D eigenvalue weighted by Gasteiger charge is 2.34. The molecule has 1 fully saturated rings. The number of benzene rings is 2. The summed E-state index contributed by atoms with van der Waals surface area (Å²) in [4.78, 5) is 29.8. The maximum atomic E-state index is 13.3. The van der Waals surface area contributed by atoms with E-state index in [-0.39, 0.29) is 30.0 Å². The second kappa shape index (κ2) is 9.00. The summed E-state index contributed by atoms with van der Waals surface area (Å²) in [5.41, 5.74) is 3.02. The van der Waals surface area contributed by atoms with E-state index in [0.29, 0.717) is 32.5 Å². The van der Waals surface area contributed by atoms with Gasteiger partial charge >= 0.3 is 6.03 Å². The number of hydrogen-bond donors (Lipinski definition) is 1. The number of ether oxygens (including phenoxy) is 1. The lowest BCUT2D eigenvalue weighted by Gasteiger charge is -2.39. The molecule has 2 heterocycles. The van der Waals surface area contributed by atoms with Gasteiger partial charge in [0.25, 0.3) is 0 Å². The topological polar surface area (TPSA) is 61.9 Å². The van der Waals surface area contributed by atoms with Gasteiger partial charge in [0.05, 0.1) is 18.3 Å². The van der Waals surface area contributed by atoms with Crippen LogP contribution in [0.5, 0.6) is 5.75 Å². The van der Waals surface area contributed by atoms with Crippen LogP contribution in [0.2, 0.25) is 0 Å². The Hall–Kier alpha value is -3.02. The van der Waals surface area contributed by atoms with E-state index in [0.717, 1.165) is 22.6 Å². The number of carbonyl (C=O) groups excluding carboxylic acids is 2. The molecule has 1 saturated heterocycles. The molecule has 0 radical (unpaired) electrons. The number of likely N-dealkylation sites (tertiary alicyclic amines) is 1. The summed E-state index contributed by atoms with van der Waals surface area (Å²) in [6.07, 6.45) is 1.31. The third kappa shape index (κ3) is 4.68. The monoisotopic (exact) mass is 421 g/mol. The quantitative estimate of drug-likeness (QED) is 0.804. The second-order valence-electron chi connectivity index (χ2n) is 8.70. The SMILES string of the molecule is Cc1ccc2c(c1)N(C(=O)N1CCC(C(=O)N[C@@H](C)c3ccccc3)CC1)C[C@@H](C)O2. The van der Waals surface area contributed by atoms with E-state index in [2.05, 4.69) is 5.32 Å². The number of amides is 3. The number of carbonyl (C=O) groups is 2. The first-order valence-electron chi connectivity index (χ1n) is 11.1. The van der Waals surface area contributed by atoms with Crippen molar-refractivity contribution in [3.8, 4) is 5.75 Å². The Morgan fingerprint density at radius 1 is 1.10 bits per heavy atom. The molecule has 2 atom stereocenters. The Labute approximate surface area is 184 Å². The van der Waals surface area contributed by atoms with Gasteiger partial charge in [-0.05, 0) is 56.9 Å². The van der Waals surface area contributed by atoms with Crippen LogP contribution < -0.4 is 15.0 Å². The zero-order valence-corrected chi connectivity index (χ0v) is 18.5.